The first-order valence-corrected chi connectivity index (χ1v) is 7.32. The Bertz CT molecular complexity index is 744. The Balaban J connectivity index is 1.78. The summed E-state index contributed by atoms with van der Waals surface area (Å²) in [5.74, 6) is 2.78. The molecule has 8 nitrogen and oxygen atoms in total. The summed E-state index contributed by atoms with van der Waals surface area (Å²) in [4.78, 5) is 8.38. The molecule has 0 unspecified atom stereocenters. The van der Waals surface area contributed by atoms with E-state index < -0.39 is 0 Å². The third-order valence-electron chi connectivity index (χ3n) is 2.84. The standard InChI is InChI=1S/C13H13N5O3S/c1-19-8-3-4-9(10(5-8)20-2)12-16-11(21-18-12)6-22-13-14-7-15-17-13/h3-5,7H,6H2,1-2H3,(H,14,15,17). The van der Waals surface area contributed by atoms with Gasteiger partial charge in [-0.2, -0.15) is 10.1 Å². The van der Waals surface area contributed by atoms with Crippen LogP contribution in [0.3, 0.4) is 0 Å². The SMILES string of the molecule is COc1ccc(-c2noc(CSc3ncn[nH]3)n2)c(OC)c1. The number of benzene rings is 1. The lowest BCUT2D eigenvalue weighted by Crippen LogP contribution is -1.91. The average Bonchev–Trinajstić information content (AvgIpc) is 3.23. The van der Waals surface area contributed by atoms with Gasteiger partial charge >= 0.3 is 0 Å². The molecule has 22 heavy (non-hydrogen) atoms. The highest BCUT2D eigenvalue weighted by atomic mass is 32.2. The highest BCUT2D eigenvalue weighted by molar-refractivity contribution is 7.98. The maximum Gasteiger partial charge on any atom is 0.237 e. The first-order chi connectivity index (χ1) is 10.8. The molecule has 1 aromatic carbocycles. The van der Waals surface area contributed by atoms with Gasteiger partial charge in [0.05, 0.1) is 25.5 Å². The van der Waals surface area contributed by atoms with E-state index in [2.05, 4.69) is 25.3 Å². The average molecular weight is 319 g/mol. The molecule has 0 amide bonds. The van der Waals surface area contributed by atoms with Crippen molar-refractivity contribution in [2.45, 2.75) is 10.9 Å². The zero-order valence-corrected chi connectivity index (χ0v) is 12.8. The number of nitrogens with one attached hydrogen (secondary N) is 1. The summed E-state index contributed by atoms with van der Waals surface area (Å²) in [6.07, 6.45) is 1.45. The molecule has 0 fully saturated rings. The van der Waals surface area contributed by atoms with E-state index in [-0.39, 0.29) is 0 Å². The number of aromatic amines is 1. The van der Waals surface area contributed by atoms with Gasteiger partial charge in [-0.1, -0.05) is 16.9 Å². The molecule has 0 aliphatic carbocycles. The monoisotopic (exact) mass is 319 g/mol. The van der Waals surface area contributed by atoms with Crippen LogP contribution in [0.1, 0.15) is 5.89 Å². The Kier molecular flexibility index (Phi) is 4.24. The molecule has 0 bridgehead atoms. The molecule has 3 rings (SSSR count). The summed E-state index contributed by atoms with van der Waals surface area (Å²) >= 11 is 1.43. The van der Waals surface area contributed by atoms with Crippen molar-refractivity contribution in [3.63, 3.8) is 0 Å². The largest absolute Gasteiger partial charge is 0.497 e. The Morgan fingerprint density at radius 2 is 2.18 bits per heavy atom. The van der Waals surface area contributed by atoms with Crippen LogP contribution in [0.25, 0.3) is 11.4 Å². The van der Waals surface area contributed by atoms with Crippen molar-refractivity contribution in [3.8, 4) is 22.9 Å². The van der Waals surface area contributed by atoms with Crippen LogP contribution in [0.15, 0.2) is 34.2 Å². The van der Waals surface area contributed by atoms with Crippen molar-refractivity contribution < 1.29 is 14.0 Å². The molecule has 2 aromatic heterocycles. The number of methoxy groups -OCH3 is 2. The second kappa shape index (κ2) is 6.48. The Labute approximate surface area is 130 Å². The van der Waals surface area contributed by atoms with E-state index in [4.69, 9.17) is 14.0 Å². The summed E-state index contributed by atoms with van der Waals surface area (Å²) in [5.41, 5.74) is 0.739. The first-order valence-electron chi connectivity index (χ1n) is 6.33. The van der Waals surface area contributed by atoms with E-state index >= 15 is 0 Å². The number of ether oxygens (including phenoxy) is 2. The first kappa shape index (κ1) is 14.4. The van der Waals surface area contributed by atoms with Gasteiger partial charge in [0.2, 0.25) is 11.7 Å². The minimum absolute atomic E-state index is 0.465. The van der Waals surface area contributed by atoms with Crippen LogP contribution in [0.2, 0.25) is 0 Å². The van der Waals surface area contributed by atoms with Crippen molar-refractivity contribution in [2.75, 3.05) is 14.2 Å². The minimum Gasteiger partial charge on any atom is -0.497 e. The fraction of sp³-hybridized carbons (Fsp3) is 0.231. The molecule has 0 aliphatic rings. The summed E-state index contributed by atoms with van der Waals surface area (Å²) in [5, 5.41) is 11.2. The highest BCUT2D eigenvalue weighted by Crippen LogP contribution is 2.32. The van der Waals surface area contributed by atoms with Crippen LogP contribution >= 0.6 is 11.8 Å². The fourth-order valence-corrected chi connectivity index (χ4v) is 2.42. The normalized spacial score (nSPS) is 10.6. The maximum atomic E-state index is 5.34. The second-order valence-electron chi connectivity index (χ2n) is 4.16. The van der Waals surface area contributed by atoms with Crippen LogP contribution in [-0.4, -0.2) is 39.5 Å². The number of H-pyrrole nitrogens is 1. The number of hydrogen-bond acceptors (Lipinski definition) is 8. The lowest BCUT2D eigenvalue weighted by atomic mass is 10.2. The summed E-state index contributed by atoms with van der Waals surface area (Å²) in [6.45, 7) is 0. The van der Waals surface area contributed by atoms with E-state index in [0.29, 0.717) is 34.1 Å². The molecule has 0 saturated carbocycles. The lowest BCUT2D eigenvalue weighted by molar-refractivity contribution is 0.388. The lowest BCUT2D eigenvalue weighted by Gasteiger charge is -2.07. The summed E-state index contributed by atoms with van der Waals surface area (Å²) in [7, 11) is 3.18. The molecule has 114 valence electrons. The summed E-state index contributed by atoms with van der Waals surface area (Å²) < 4.78 is 15.8. The predicted octanol–water partition coefficient (Wildman–Crippen LogP) is 2.16. The van der Waals surface area contributed by atoms with Gasteiger partial charge in [0.15, 0.2) is 5.16 Å². The Morgan fingerprint density at radius 1 is 1.27 bits per heavy atom. The van der Waals surface area contributed by atoms with E-state index in [1.807, 2.05) is 12.1 Å². The molecule has 0 aliphatic heterocycles. The van der Waals surface area contributed by atoms with Gasteiger partial charge in [-0.3, -0.25) is 5.10 Å². The zero-order valence-electron chi connectivity index (χ0n) is 11.9. The molecule has 9 heteroatoms. The molecule has 1 N–H and O–H groups in total. The number of nitrogens with zero attached hydrogens (tertiary/aromatic N) is 4. The third kappa shape index (κ3) is 3.03. The number of aromatic nitrogens is 5. The Hall–Kier alpha value is -2.55. The van der Waals surface area contributed by atoms with Crippen LogP contribution in [-0.2, 0) is 5.75 Å². The van der Waals surface area contributed by atoms with Crippen molar-refractivity contribution in [2.24, 2.45) is 0 Å². The molecule has 0 saturated heterocycles. The molecule has 0 radical (unpaired) electrons. The minimum atomic E-state index is 0.465. The van der Waals surface area contributed by atoms with Gasteiger partial charge < -0.3 is 14.0 Å². The zero-order chi connectivity index (χ0) is 15.4. The van der Waals surface area contributed by atoms with Crippen LogP contribution in [0.4, 0.5) is 0 Å². The van der Waals surface area contributed by atoms with Crippen LogP contribution in [0, 0.1) is 0 Å². The van der Waals surface area contributed by atoms with Crippen molar-refractivity contribution in [1.82, 2.24) is 25.3 Å². The van der Waals surface area contributed by atoms with Gasteiger partial charge in [-0.25, -0.2) is 4.98 Å². The quantitative estimate of drug-likeness (QED) is 0.690. The van der Waals surface area contributed by atoms with Gasteiger partial charge in [-0.15, -0.1) is 0 Å². The smallest absolute Gasteiger partial charge is 0.237 e. The second-order valence-corrected chi connectivity index (χ2v) is 5.12. The number of rotatable bonds is 6. The fourth-order valence-electron chi connectivity index (χ4n) is 1.80. The number of hydrogen-bond donors (Lipinski definition) is 1. The van der Waals surface area contributed by atoms with Crippen molar-refractivity contribution in [3.05, 3.63) is 30.4 Å². The molecule has 3 aromatic rings. The van der Waals surface area contributed by atoms with Gasteiger partial charge in [0, 0.05) is 6.07 Å². The van der Waals surface area contributed by atoms with Crippen LogP contribution in [0.5, 0.6) is 11.5 Å². The Morgan fingerprint density at radius 3 is 2.91 bits per heavy atom. The summed E-state index contributed by atoms with van der Waals surface area (Å²) in [6, 6.07) is 5.42. The van der Waals surface area contributed by atoms with Gasteiger partial charge in [-0.05, 0) is 12.1 Å². The van der Waals surface area contributed by atoms with E-state index in [9.17, 15) is 0 Å². The topological polar surface area (TPSA) is 99.0 Å². The molecular formula is C13H13N5O3S. The van der Waals surface area contributed by atoms with E-state index in [0.717, 1.165) is 5.56 Å². The highest BCUT2D eigenvalue weighted by Gasteiger charge is 2.14. The van der Waals surface area contributed by atoms with E-state index in [1.54, 1.807) is 20.3 Å². The van der Waals surface area contributed by atoms with Crippen LogP contribution < -0.4 is 9.47 Å². The van der Waals surface area contributed by atoms with Gasteiger partial charge in [0.25, 0.3) is 0 Å². The predicted molar refractivity (Wildman–Crippen MR) is 78.8 cm³/mol. The molecule has 2 heterocycles. The van der Waals surface area contributed by atoms with E-state index in [1.165, 1.54) is 18.1 Å². The maximum absolute atomic E-state index is 5.34. The molecular weight excluding hydrogens is 306 g/mol. The molecule has 0 spiro atoms. The third-order valence-corrected chi connectivity index (χ3v) is 3.70. The van der Waals surface area contributed by atoms with Crippen molar-refractivity contribution in [1.29, 1.82) is 0 Å². The number of thioether (sulfide) groups is 1. The molecule has 0 atom stereocenters. The van der Waals surface area contributed by atoms with Gasteiger partial charge in [0.1, 0.15) is 17.8 Å². The van der Waals surface area contributed by atoms with Crippen molar-refractivity contribution >= 4 is 11.8 Å².